The van der Waals surface area contributed by atoms with Crippen molar-refractivity contribution < 1.29 is 9.47 Å². The smallest absolute Gasteiger partial charge is 0.219 e. The number of rotatable bonds is 3. The number of aromatic nitrogens is 1. The number of benzene rings is 1. The number of nitriles is 1. The van der Waals surface area contributed by atoms with E-state index in [1.165, 1.54) is 6.20 Å². The highest BCUT2D eigenvalue weighted by molar-refractivity contribution is 5.53. The maximum atomic E-state index is 8.67. The lowest BCUT2D eigenvalue weighted by Crippen LogP contribution is -1.94. The van der Waals surface area contributed by atoms with Crippen LogP contribution in [-0.2, 0) is 0 Å². The Labute approximate surface area is 104 Å². The minimum atomic E-state index is 0.373. The van der Waals surface area contributed by atoms with Crippen LogP contribution in [0.15, 0.2) is 36.5 Å². The van der Waals surface area contributed by atoms with E-state index in [0.717, 1.165) is 0 Å². The van der Waals surface area contributed by atoms with Crippen molar-refractivity contribution in [3.05, 3.63) is 42.1 Å². The first-order chi connectivity index (χ1) is 8.72. The van der Waals surface area contributed by atoms with E-state index in [1.807, 2.05) is 6.07 Å². The zero-order valence-corrected chi connectivity index (χ0v) is 9.75. The van der Waals surface area contributed by atoms with E-state index in [0.29, 0.717) is 28.6 Å². The molecule has 1 aromatic heterocycles. The van der Waals surface area contributed by atoms with Crippen LogP contribution in [0.2, 0.25) is 0 Å². The maximum Gasteiger partial charge on any atom is 0.219 e. The lowest BCUT2D eigenvalue weighted by atomic mass is 10.3. The highest BCUT2D eigenvalue weighted by Crippen LogP contribution is 2.32. The maximum absolute atomic E-state index is 8.67. The second-order valence-electron chi connectivity index (χ2n) is 3.51. The summed E-state index contributed by atoms with van der Waals surface area (Å²) in [5.41, 5.74) is 6.73. The number of nitrogens with two attached hydrogens (primary N) is 1. The summed E-state index contributed by atoms with van der Waals surface area (Å²) in [5, 5.41) is 8.67. The summed E-state index contributed by atoms with van der Waals surface area (Å²) in [5.74, 6) is 1.42. The van der Waals surface area contributed by atoms with Gasteiger partial charge in [-0.15, -0.1) is 0 Å². The second kappa shape index (κ2) is 5.06. The molecule has 5 heteroatoms. The van der Waals surface area contributed by atoms with Crippen molar-refractivity contribution in [2.45, 2.75) is 0 Å². The molecule has 2 N–H and O–H groups in total. The predicted octanol–water partition coefficient (Wildman–Crippen LogP) is 2.34. The molecule has 0 bridgehead atoms. The van der Waals surface area contributed by atoms with Gasteiger partial charge in [-0.3, -0.25) is 0 Å². The molecule has 2 aromatic rings. The number of hydrogen-bond acceptors (Lipinski definition) is 5. The molecule has 0 amide bonds. The Morgan fingerprint density at radius 3 is 2.67 bits per heavy atom. The molecule has 90 valence electrons. The minimum absolute atomic E-state index is 0.373. The lowest BCUT2D eigenvalue weighted by molar-refractivity contribution is 0.374. The van der Waals surface area contributed by atoms with Gasteiger partial charge in [0, 0.05) is 24.0 Å². The van der Waals surface area contributed by atoms with Gasteiger partial charge < -0.3 is 15.2 Å². The summed E-state index contributed by atoms with van der Waals surface area (Å²) in [4.78, 5) is 4.01. The molecule has 2 rings (SSSR count). The van der Waals surface area contributed by atoms with Crippen molar-refractivity contribution in [3.63, 3.8) is 0 Å². The van der Waals surface area contributed by atoms with Crippen LogP contribution in [0.25, 0.3) is 0 Å². The summed E-state index contributed by atoms with van der Waals surface area (Å²) in [7, 11) is 1.55. The normalized spacial score (nSPS) is 9.56. The van der Waals surface area contributed by atoms with Crippen molar-refractivity contribution in [1.82, 2.24) is 4.98 Å². The van der Waals surface area contributed by atoms with E-state index in [1.54, 1.807) is 37.4 Å². The van der Waals surface area contributed by atoms with Gasteiger partial charge in [0.05, 0.1) is 12.7 Å². The fourth-order valence-electron chi connectivity index (χ4n) is 1.39. The molecule has 0 aliphatic carbocycles. The van der Waals surface area contributed by atoms with Crippen molar-refractivity contribution >= 4 is 5.69 Å². The Morgan fingerprint density at radius 1 is 1.22 bits per heavy atom. The molecular weight excluding hydrogens is 230 g/mol. The first-order valence-corrected chi connectivity index (χ1v) is 5.20. The summed E-state index contributed by atoms with van der Waals surface area (Å²) in [6, 6.07) is 10.3. The van der Waals surface area contributed by atoms with Crippen molar-refractivity contribution in [1.29, 1.82) is 5.26 Å². The number of pyridine rings is 1. The average molecular weight is 241 g/mol. The Bertz CT molecular complexity index is 588. The predicted molar refractivity (Wildman–Crippen MR) is 66.4 cm³/mol. The van der Waals surface area contributed by atoms with E-state index in [2.05, 4.69) is 4.98 Å². The van der Waals surface area contributed by atoms with Gasteiger partial charge in [0.25, 0.3) is 0 Å². The SMILES string of the molecule is COc1ccc(N)cc1Oc1ccc(C#N)cn1. The molecule has 0 atom stereocenters. The molecule has 0 saturated carbocycles. The average Bonchev–Trinajstić information content (AvgIpc) is 2.40. The van der Waals surface area contributed by atoms with Crippen LogP contribution in [0.1, 0.15) is 5.56 Å². The quantitative estimate of drug-likeness (QED) is 0.834. The van der Waals surface area contributed by atoms with Gasteiger partial charge in [0.1, 0.15) is 6.07 Å². The third-order valence-corrected chi connectivity index (χ3v) is 2.27. The Balaban J connectivity index is 2.27. The topological polar surface area (TPSA) is 81.2 Å². The van der Waals surface area contributed by atoms with Crippen LogP contribution in [0, 0.1) is 11.3 Å². The molecule has 0 fully saturated rings. The Kier molecular flexibility index (Phi) is 3.30. The van der Waals surface area contributed by atoms with Gasteiger partial charge in [-0.2, -0.15) is 5.26 Å². The molecule has 0 saturated heterocycles. The highest BCUT2D eigenvalue weighted by Gasteiger charge is 2.06. The summed E-state index contributed by atoms with van der Waals surface area (Å²) in [6.45, 7) is 0. The zero-order chi connectivity index (χ0) is 13.0. The van der Waals surface area contributed by atoms with E-state index in [9.17, 15) is 0 Å². The highest BCUT2D eigenvalue weighted by atomic mass is 16.5. The van der Waals surface area contributed by atoms with E-state index in [-0.39, 0.29) is 0 Å². The molecule has 1 aromatic carbocycles. The summed E-state index contributed by atoms with van der Waals surface area (Å²) in [6.07, 6.45) is 1.44. The van der Waals surface area contributed by atoms with Gasteiger partial charge >= 0.3 is 0 Å². The van der Waals surface area contributed by atoms with Crippen molar-refractivity contribution in [2.24, 2.45) is 0 Å². The molecule has 0 unspecified atom stereocenters. The molecule has 0 radical (unpaired) electrons. The minimum Gasteiger partial charge on any atom is -0.493 e. The standard InChI is InChI=1S/C13H11N3O2/c1-17-11-4-3-10(15)6-12(11)18-13-5-2-9(7-14)8-16-13/h2-6,8H,15H2,1H3. The largest absolute Gasteiger partial charge is 0.493 e. The second-order valence-corrected chi connectivity index (χ2v) is 3.51. The van der Waals surface area contributed by atoms with Gasteiger partial charge in [-0.25, -0.2) is 4.98 Å². The van der Waals surface area contributed by atoms with Crippen molar-refractivity contribution in [3.8, 4) is 23.4 Å². The van der Waals surface area contributed by atoms with Gasteiger partial charge in [-0.05, 0) is 18.2 Å². The Morgan fingerprint density at radius 2 is 2.06 bits per heavy atom. The summed E-state index contributed by atoms with van der Waals surface area (Å²) < 4.78 is 10.7. The fraction of sp³-hybridized carbons (Fsp3) is 0.0769. The number of hydrogen-bond donors (Lipinski definition) is 1. The van der Waals surface area contributed by atoms with Gasteiger partial charge in [-0.1, -0.05) is 0 Å². The van der Waals surface area contributed by atoms with Crippen LogP contribution >= 0.6 is 0 Å². The van der Waals surface area contributed by atoms with E-state index in [4.69, 9.17) is 20.5 Å². The lowest BCUT2D eigenvalue weighted by Gasteiger charge is -2.09. The van der Waals surface area contributed by atoms with Crippen LogP contribution in [0.3, 0.4) is 0 Å². The number of anilines is 1. The van der Waals surface area contributed by atoms with Crippen LogP contribution in [0.5, 0.6) is 17.4 Å². The van der Waals surface area contributed by atoms with E-state index >= 15 is 0 Å². The monoisotopic (exact) mass is 241 g/mol. The number of nitrogen functional groups attached to an aromatic ring is 1. The van der Waals surface area contributed by atoms with Gasteiger partial charge in [0.2, 0.25) is 5.88 Å². The molecule has 18 heavy (non-hydrogen) atoms. The number of nitrogens with zero attached hydrogens (tertiary/aromatic N) is 2. The molecule has 0 aliphatic heterocycles. The first-order valence-electron chi connectivity index (χ1n) is 5.20. The third kappa shape index (κ3) is 2.50. The van der Waals surface area contributed by atoms with Crippen molar-refractivity contribution in [2.75, 3.05) is 12.8 Å². The number of methoxy groups -OCH3 is 1. The molecule has 0 aliphatic rings. The zero-order valence-electron chi connectivity index (χ0n) is 9.75. The first kappa shape index (κ1) is 11.7. The van der Waals surface area contributed by atoms with Crippen LogP contribution in [-0.4, -0.2) is 12.1 Å². The van der Waals surface area contributed by atoms with Gasteiger partial charge in [0.15, 0.2) is 11.5 Å². The third-order valence-electron chi connectivity index (χ3n) is 2.27. The van der Waals surface area contributed by atoms with E-state index < -0.39 is 0 Å². The molecule has 0 spiro atoms. The molecular formula is C13H11N3O2. The Hall–Kier alpha value is -2.74. The fourth-order valence-corrected chi connectivity index (χ4v) is 1.39. The molecule has 5 nitrogen and oxygen atoms in total. The van der Waals surface area contributed by atoms with Crippen LogP contribution in [0.4, 0.5) is 5.69 Å². The number of ether oxygens (including phenoxy) is 2. The van der Waals surface area contributed by atoms with Crippen LogP contribution < -0.4 is 15.2 Å². The molecule has 1 heterocycles. The summed E-state index contributed by atoms with van der Waals surface area (Å²) >= 11 is 0.